The van der Waals surface area contributed by atoms with E-state index in [0.717, 1.165) is 19.3 Å². The number of hydrogen-bond acceptors (Lipinski definition) is 5. The summed E-state index contributed by atoms with van der Waals surface area (Å²) in [7, 11) is 1.63. The van der Waals surface area contributed by atoms with E-state index in [4.69, 9.17) is 19.7 Å². The number of nitrogens with zero attached hydrogens (tertiary/aromatic N) is 1. The third-order valence-corrected chi connectivity index (χ3v) is 2.50. The van der Waals surface area contributed by atoms with Crippen LogP contribution < -0.4 is 4.74 Å². The molecule has 1 heterocycles. The molecular formula is C13H17NO6. The summed E-state index contributed by atoms with van der Waals surface area (Å²) in [5.74, 6) is -2.39. The fourth-order valence-corrected chi connectivity index (χ4v) is 1.52. The molecule has 0 radical (unpaired) electrons. The molecule has 1 rings (SSSR count). The third-order valence-electron chi connectivity index (χ3n) is 2.50. The number of hydrogen-bond donors (Lipinski definition) is 2. The molecule has 1 aromatic rings. The van der Waals surface area contributed by atoms with Gasteiger partial charge in [0, 0.05) is 25.8 Å². The molecule has 0 aliphatic rings. The molecule has 0 unspecified atom stereocenters. The van der Waals surface area contributed by atoms with Crippen molar-refractivity contribution in [2.24, 2.45) is 0 Å². The van der Waals surface area contributed by atoms with E-state index in [-0.39, 0.29) is 17.1 Å². The fourth-order valence-electron chi connectivity index (χ4n) is 1.52. The third kappa shape index (κ3) is 5.23. The van der Waals surface area contributed by atoms with Crippen LogP contribution in [-0.2, 0) is 4.74 Å². The number of ether oxygens (including phenoxy) is 2. The zero-order valence-corrected chi connectivity index (χ0v) is 11.2. The topological polar surface area (TPSA) is 106 Å². The highest BCUT2D eigenvalue weighted by molar-refractivity contribution is 5.90. The summed E-state index contributed by atoms with van der Waals surface area (Å²) in [4.78, 5) is 25.2. The van der Waals surface area contributed by atoms with Gasteiger partial charge in [-0.1, -0.05) is 0 Å². The average molecular weight is 283 g/mol. The monoisotopic (exact) mass is 283 g/mol. The Hall–Kier alpha value is -2.15. The second-order valence-corrected chi connectivity index (χ2v) is 4.09. The van der Waals surface area contributed by atoms with Crippen molar-refractivity contribution in [1.82, 2.24) is 4.98 Å². The summed E-state index contributed by atoms with van der Waals surface area (Å²) < 4.78 is 10.3. The lowest BCUT2D eigenvalue weighted by Gasteiger charge is -2.07. The van der Waals surface area contributed by atoms with Crippen molar-refractivity contribution in [1.29, 1.82) is 0 Å². The molecule has 0 saturated carbocycles. The maximum atomic E-state index is 10.9. The van der Waals surface area contributed by atoms with Crippen LogP contribution in [0.15, 0.2) is 12.1 Å². The quantitative estimate of drug-likeness (QED) is 0.664. The normalized spacial score (nSPS) is 10.2. The van der Waals surface area contributed by atoms with Gasteiger partial charge in [-0.2, -0.15) is 0 Å². The van der Waals surface area contributed by atoms with E-state index in [2.05, 4.69) is 4.98 Å². The van der Waals surface area contributed by atoms with E-state index in [1.807, 2.05) is 0 Å². The largest absolute Gasteiger partial charge is 0.493 e. The van der Waals surface area contributed by atoms with Crippen LogP contribution in [0.4, 0.5) is 0 Å². The van der Waals surface area contributed by atoms with Crippen molar-refractivity contribution >= 4 is 11.9 Å². The van der Waals surface area contributed by atoms with Crippen LogP contribution in [0.3, 0.4) is 0 Å². The molecule has 20 heavy (non-hydrogen) atoms. The highest BCUT2D eigenvalue weighted by atomic mass is 16.5. The van der Waals surface area contributed by atoms with E-state index in [9.17, 15) is 9.59 Å². The van der Waals surface area contributed by atoms with Crippen molar-refractivity contribution in [3.05, 3.63) is 23.5 Å². The van der Waals surface area contributed by atoms with Crippen LogP contribution in [0.1, 0.15) is 40.2 Å². The van der Waals surface area contributed by atoms with E-state index < -0.39 is 11.9 Å². The molecule has 0 aromatic carbocycles. The van der Waals surface area contributed by atoms with Crippen LogP contribution in [-0.4, -0.2) is 47.5 Å². The first-order valence-corrected chi connectivity index (χ1v) is 6.15. The molecule has 2 N–H and O–H groups in total. The van der Waals surface area contributed by atoms with Crippen molar-refractivity contribution in [3.8, 4) is 5.75 Å². The first-order valence-electron chi connectivity index (χ1n) is 6.15. The number of aromatic nitrogens is 1. The van der Waals surface area contributed by atoms with Crippen molar-refractivity contribution in [3.63, 3.8) is 0 Å². The maximum absolute atomic E-state index is 10.9. The van der Waals surface area contributed by atoms with Crippen LogP contribution in [0, 0.1) is 0 Å². The molecule has 1 aromatic heterocycles. The number of carboxylic acid groups (broad SMARTS) is 2. The van der Waals surface area contributed by atoms with Crippen LogP contribution >= 0.6 is 0 Å². The Labute approximate surface area is 116 Å². The maximum Gasteiger partial charge on any atom is 0.354 e. The lowest BCUT2D eigenvalue weighted by Crippen LogP contribution is -2.09. The Balaban J connectivity index is 2.60. The molecule has 7 nitrogen and oxygen atoms in total. The van der Waals surface area contributed by atoms with E-state index in [1.165, 1.54) is 12.1 Å². The summed E-state index contributed by atoms with van der Waals surface area (Å²) in [6, 6.07) is 2.42. The smallest absolute Gasteiger partial charge is 0.354 e. The van der Waals surface area contributed by atoms with Gasteiger partial charge in [-0.25, -0.2) is 14.6 Å². The lowest BCUT2D eigenvalue weighted by atomic mass is 10.2. The summed E-state index contributed by atoms with van der Waals surface area (Å²) in [5.41, 5.74) is -0.696. The fraction of sp³-hybridized carbons (Fsp3) is 0.462. The van der Waals surface area contributed by atoms with Crippen LogP contribution in [0.2, 0.25) is 0 Å². The van der Waals surface area contributed by atoms with Gasteiger partial charge in [-0.05, 0) is 19.3 Å². The molecule has 0 aliphatic carbocycles. The van der Waals surface area contributed by atoms with Crippen molar-refractivity contribution in [2.75, 3.05) is 20.3 Å². The van der Waals surface area contributed by atoms with Gasteiger partial charge in [0.15, 0.2) is 11.4 Å². The van der Waals surface area contributed by atoms with E-state index in [1.54, 1.807) is 7.11 Å². The van der Waals surface area contributed by atoms with Gasteiger partial charge in [0.05, 0.1) is 6.61 Å². The van der Waals surface area contributed by atoms with Crippen LogP contribution in [0.5, 0.6) is 5.75 Å². The number of methoxy groups -OCH3 is 1. The van der Waals surface area contributed by atoms with Gasteiger partial charge in [0.2, 0.25) is 0 Å². The number of pyridine rings is 1. The number of rotatable bonds is 9. The van der Waals surface area contributed by atoms with Gasteiger partial charge >= 0.3 is 11.9 Å². The standard InChI is InChI=1S/C13H17NO6/c1-19-5-3-2-4-6-20-9-7-10(12(15)16)14-11(8-9)13(17)18/h7-8H,2-6H2,1H3,(H,15,16)(H,17,18). The van der Waals surface area contributed by atoms with Gasteiger partial charge in [0.1, 0.15) is 5.75 Å². The summed E-state index contributed by atoms with van der Waals surface area (Å²) in [6.45, 7) is 1.06. The number of carbonyl (C=O) groups is 2. The summed E-state index contributed by atoms with van der Waals surface area (Å²) in [6.07, 6.45) is 2.60. The predicted octanol–water partition coefficient (Wildman–Crippen LogP) is 1.67. The Morgan fingerprint density at radius 1 is 1.05 bits per heavy atom. The minimum absolute atomic E-state index is 0.196. The summed E-state index contributed by atoms with van der Waals surface area (Å²) >= 11 is 0. The molecule has 0 spiro atoms. The zero-order chi connectivity index (χ0) is 15.0. The zero-order valence-electron chi connectivity index (χ0n) is 11.2. The highest BCUT2D eigenvalue weighted by Gasteiger charge is 2.13. The Bertz CT molecular complexity index is 442. The predicted molar refractivity (Wildman–Crippen MR) is 69.4 cm³/mol. The van der Waals surface area contributed by atoms with E-state index in [0.29, 0.717) is 13.2 Å². The molecule has 0 atom stereocenters. The minimum atomic E-state index is -1.29. The molecule has 0 saturated heterocycles. The second kappa shape index (κ2) is 8.11. The SMILES string of the molecule is COCCCCCOc1cc(C(=O)O)nc(C(=O)O)c1. The Morgan fingerprint density at radius 3 is 2.10 bits per heavy atom. The summed E-state index contributed by atoms with van der Waals surface area (Å²) in [5, 5.41) is 17.7. The van der Waals surface area contributed by atoms with Gasteiger partial charge in [-0.15, -0.1) is 0 Å². The molecule has 110 valence electrons. The highest BCUT2D eigenvalue weighted by Crippen LogP contribution is 2.15. The minimum Gasteiger partial charge on any atom is -0.493 e. The molecule has 7 heteroatoms. The molecule has 0 fully saturated rings. The van der Waals surface area contributed by atoms with Crippen molar-refractivity contribution < 1.29 is 29.3 Å². The number of aromatic carboxylic acids is 2. The average Bonchev–Trinajstić information content (AvgIpc) is 2.42. The molecule has 0 amide bonds. The molecular weight excluding hydrogens is 266 g/mol. The van der Waals surface area contributed by atoms with Crippen molar-refractivity contribution in [2.45, 2.75) is 19.3 Å². The Morgan fingerprint density at radius 2 is 1.60 bits per heavy atom. The molecule has 0 aliphatic heterocycles. The second-order valence-electron chi connectivity index (χ2n) is 4.09. The number of carboxylic acids is 2. The first-order chi connectivity index (χ1) is 9.54. The van der Waals surface area contributed by atoms with Gasteiger partial charge in [0.25, 0.3) is 0 Å². The Kier molecular flexibility index (Phi) is 6.45. The molecule has 0 bridgehead atoms. The van der Waals surface area contributed by atoms with Crippen LogP contribution in [0.25, 0.3) is 0 Å². The van der Waals surface area contributed by atoms with E-state index >= 15 is 0 Å². The lowest BCUT2D eigenvalue weighted by molar-refractivity contribution is 0.0683. The van der Waals surface area contributed by atoms with Gasteiger partial charge < -0.3 is 19.7 Å². The first kappa shape index (κ1) is 15.9. The van der Waals surface area contributed by atoms with Gasteiger partial charge in [-0.3, -0.25) is 0 Å². The number of unbranched alkanes of at least 4 members (excludes halogenated alkanes) is 2.